The molecule has 0 aliphatic heterocycles. The smallest absolute Gasteiger partial charge is 0.227 e. The number of rotatable bonds is 7. The van der Waals surface area contributed by atoms with E-state index in [1.807, 2.05) is 19.1 Å². The quantitative estimate of drug-likeness (QED) is 0.638. The maximum Gasteiger partial charge on any atom is 0.227 e. The summed E-state index contributed by atoms with van der Waals surface area (Å²) in [5.74, 6) is 0.981. The first kappa shape index (κ1) is 19.7. The molecule has 0 saturated heterocycles. The fraction of sp³-hybridized carbons (Fsp3) is 0.318. The lowest BCUT2D eigenvalue weighted by molar-refractivity contribution is -0.121. The van der Waals surface area contributed by atoms with Gasteiger partial charge in [0.15, 0.2) is 0 Å². The normalized spacial score (nSPS) is 12.2. The predicted molar refractivity (Wildman–Crippen MR) is 105 cm³/mol. The van der Waals surface area contributed by atoms with Crippen LogP contribution < -0.4 is 5.32 Å². The van der Waals surface area contributed by atoms with Crippen LogP contribution in [0.25, 0.3) is 11.4 Å². The Kier molecular flexibility index (Phi) is 6.19. The van der Waals surface area contributed by atoms with Gasteiger partial charge in [-0.2, -0.15) is 4.98 Å². The van der Waals surface area contributed by atoms with Crippen LogP contribution in [0.2, 0.25) is 0 Å². The van der Waals surface area contributed by atoms with Gasteiger partial charge in [-0.3, -0.25) is 4.79 Å². The fourth-order valence-electron chi connectivity index (χ4n) is 2.86. The van der Waals surface area contributed by atoms with Crippen LogP contribution in [-0.2, 0) is 11.2 Å². The van der Waals surface area contributed by atoms with Crippen molar-refractivity contribution in [2.75, 3.05) is 0 Å². The molecule has 1 heterocycles. The lowest BCUT2D eigenvalue weighted by atomic mass is 10.0. The molecule has 2 aromatic carbocycles. The van der Waals surface area contributed by atoms with E-state index in [1.165, 1.54) is 17.7 Å². The van der Waals surface area contributed by atoms with Gasteiger partial charge in [-0.25, -0.2) is 4.39 Å². The summed E-state index contributed by atoms with van der Waals surface area (Å²) in [6.45, 7) is 6.14. The van der Waals surface area contributed by atoms with E-state index in [-0.39, 0.29) is 24.2 Å². The van der Waals surface area contributed by atoms with Crippen molar-refractivity contribution in [2.24, 2.45) is 0 Å². The molecule has 0 aliphatic carbocycles. The number of aromatic nitrogens is 2. The van der Waals surface area contributed by atoms with Crippen molar-refractivity contribution in [3.05, 3.63) is 71.4 Å². The lowest BCUT2D eigenvalue weighted by Gasteiger charge is -2.13. The molecule has 0 unspecified atom stereocenters. The Balaban J connectivity index is 1.53. The zero-order chi connectivity index (χ0) is 20.1. The van der Waals surface area contributed by atoms with Crippen molar-refractivity contribution in [3.8, 4) is 11.4 Å². The van der Waals surface area contributed by atoms with Crippen LogP contribution in [0.5, 0.6) is 0 Å². The van der Waals surface area contributed by atoms with Crippen molar-refractivity contribution >= 4 is 5.91 Å². The van der Waals surface area contributed by atoms with E-state index in [9.17, 15) is 9.18 Å². The number of hydrogen-bond donors (Lipinski definition) is 1. The second kappa shape index (κ2) is 8.78. The first-order valence-electron chi connectivity index (χ1n) is 9.40. The van der Waals surface area contributed by atoms with Gasteiger partial charge in [-0.1, -0.05) is 55.4 Å². The summed E-state index contributed by atoms with van der Waals surface area (Å²) in [6.07, 6.45) is 0.596. The molecule has 1 N–H and O–H groups in total. The zero-order valence-electron chi connectivity index (χ0n) is 16.3. The molecule has 3 rings (SSSR count). The minimum absolute atomic E-state index is 0.127. The van der Waals surface area contributed by atoms with Gasteiger partial charge < -0.3 is 9.84 Å². The number of nitrogens with zero attached hydrogens (tertiary/aromatic N) is 2. The van der Waals surface area contributed by atoms with Gasteiger partial charge in [-0.15, -0.1) is 0 Å². The first-order chi connectivity index (χ1) is 13.4. The number of halogens is 1. The molecule has 0 spiro atoms. The molecule has 0 saturated carbocycles. The number of amides is 1. The van der Waals surface area contributed by atoms with Crippen LogP contribution in [0.15, 0.2) is 53.1 Å². The molecule has 0 fully saturated rings. The van der Waals surface area contributed by atoms with E-state index < -0.39 is 0 Å². The molecular weight excluding hydrogens is 357 g/mol. The molecule has 1 amide bonds. The third-order valence-corrected chi connectivity index (χ3v) is 4.62. The van der Waals surface area contributed by atoms with E-state index in [4.69, 9.17) is 4.52 Å². The van der Waals surface area contributed by atoms with Crippen LogP contribution in [0, 0.1) is 5.82 Å². The summed E-state index contributed by atoms with van der Waals surface area (Å²) in [6, 6.07) is 13.9. The van der Waals surface area contributed by atoms with Crippen LogP contribution in [0.3, 0.4) is 0 Å². The third kappa shape index (κ3) is 5.03. The number of nitrogens with one attached hydrogen (secondary N) is 1. The highest BCUT2D eigenvalue weighted by atomic mass is 19.1. The second-order valence-electron chi connectivity index (χ2n) is 7.13. The van der Waals surface area contributed by atoms with Crippen molar-refractivity contribution in [3.63, 3.8) is 0 Å². The molecule has 0 aliphatic rings. The number of carbonyl (C=O) groups is 1. The average Bonchev–Trinajstić information content (AvgIpc) is 3.16. The summed E-state index contributed by atoms with van der Waals surface area (Å²) in [5, 5.41) is 6.89. The Morgan fingerprint density at radius 3 is 2.32 bits per heavy atom. The van der Waals surface area contributed by atoms with Crippen molar-refractivity contribution in [1.82, 2.24) is 15.5 Å². The maximum atomic E-state index is 13.0. The molecule has 146 valence electrons. The van der Waals surface area contributed by atoms with E-state index in [0.29, 0.717) is 24.1 Å². The minimum atomic E-state index is -0.298. The molecule has 0 radical (unpaired) electrons. The van der Waals surface area contributed by atoms with Gasteiger partial charge in [0.1, 0.15) is 5.82 Å². The first-order valence-corrected chi connectivity index (χ1v) is 9.40. The predicted octanol–water partition coefficient (Wildman–Crippen LogP) is 4.81. The topological polar surface area (TPSA) is 68.0 Å². The monoisotopic (exact) mass is 381 g/mol. The Bertz CT molecular complexity index is 918. The third-order valence-electron chi connectivity index (χ3n) is 4.62. The molecule has 6 heteroatoms. The van der Waals surface area contributed by atoms with Gasteiger partial charge in [0.2, 0.25) is 17.6 Å². The summed E-state index contributed by atoms with van der Waals surface area (Å²) < 4.78 is 18.3. The molecule has 3 aromatic rings. The van der Waals surface area contributed by atoms with Gasteiger partial charge in [0, 0.05) is 18.4 Å². The number of benzene rings is 2. The van der Waals surface area contributed by atoms with E-state index in [0.717, 1.165) is 11.1 Å². The van der Waals surface area contributed by atoms with Crippen molar-refractivity contribution in [1.29, 1.82) is 0 Å². The Hall–Kier alpha value is -3.02. The average molecular weight is 381 g/mol. The Labute approximate surface area is 164 Å². The Morgan fingerprint density at radius 2 is 1.68 bits per heavy atom. The summed E-state index contributed by atoms with van der Waals surface area (Å²) in [5.41, 5.74) is 2.98. The summed E-state index contributed by atoms with van der Waals surface area (Å²) in [4.78, 5) is 16.5. The molecule has 28 heavy (non-hydrogen) atoms. The second-order valence-corrected chi connectivity index (χ2v) is 7.13. The molecule has 1 aromatic heterocycles. The standard InChI is InChI=1S/C22H24FN3O2/c1-14(2)16-4-6-18(7-5-16)22-25-21(28-26-22)13-12-20(27)24-15(3)17-8-10-19(23)11-9-17/h4-11,14-15H,12-13H2,1-3H3,(H,24,27)/t15-/m0/s1. The van der Waals surface area contributed by atoms with Gasteiger partial charge in [-0.05, 0) is 36.1 Å². The molecule has 5 nitrogen and oxygen atoms in total. The van der Waals surface area contributed by atoms with Gasteiger partial charge >= 0.3 is 0 Å². The minimum Gasteiger partial charge on any atom is -0.350 e. The lowest BCUT2D eigenvalue weighted by Crippen LogP contribution is -2.26. The van der Waals surface area contributed by atoms with Crippen molar-refractivity contribution in [2.45, 2.75) is 45.6 Å². The van der Waals surface area contributed by atoms with Crippen molar-refractivity contribution < 1.29 is 13.7 Å². The molecular formula is C22H24FN3O2. The largest absolute Gasteiger partial charge is 0.350 e. The number of hydrogen-bond acceptors (Lipinski definition) is 4. The molecule has 1 atom stereocenters. The van der Waals surface area contributed by atoms with Crippen LogP contribution in [-0.4, -0.2) is 16.0 Å². The SMILES string of the molecule is CC(C)c1ccc(-c2noc(CCC(=O)N[C@@H](C)c3ccc(F)cc3)n2)cc1. The van der Waals surface area contributed by atoms with Crippen LogP contribution >= 0.6 is 0 Å². The summed E-state index contributed by atoms with van der Waals surface area (Å²) in [7, 11) is 0. The fourth-order valence-corrected chi connectivity index (χ4v) is 2.86. The number of aryl methyl sites for hydroxylation is 1. The highest BCUT2D eigenvalue weighted by Crippen LogP contribution is 2.21. The van der Waals surface area contributed by atoms with E-state index in [1.54, 1.807) is 12.1 Å². The van der Waals surface area contributed by atoms with Crippen LogP contribution in [0.1, 0.15) is 56.2 Å². The molecule has 0 bridgehead atoms. The Morgan fingerprint density at radius 1 is 1.04 bits per heavy atom. The number of carbonyl (C=O) groups excluding carboxylic acids is 1. The van der Waals surface area contributed by atoms with Gasteiger partial charge in [0.05, 0.1) is 6.04 Å². The van der Waals surface area contributed by atoms with E-state index >= 15 is 0 Å². The maximum absolute atomic E-state index is 13.0. The summed E-state index contributed by atoms with van der Waals surface area (Å²) >= 11 is 0. The zero-order valence-corrected chi connectivity index (χ0v) is 16.3. The highest BCUT2D eigenvalue weighted by Gasteiger charge is 2.13. The van der Waals surface area contributed by atoms with E-state index in [2.05, 4.69) is 41.4 Å². The van der Waals surface area contributed by atoms with Crippen LogP contribution in [0.4, 0.5) is 4.39 Å². The van der Waals surface area contributed by atoms with Gasteiger partial charge in [0.25, 0.3) is 0 Å². The highest BCUT2D eigenvalue weighted by molar-refractivity contribution is 5.76.